The number of piperidine rings is 1. The number of phenols is 2. The first kappa shape index (κ1) is 12.8. The van der Waals surface area contributed by atoms with Crippen molar-refractivity contribution in [3.63, 3.8) is 0 Å². The van der Waals surface area contributed by atoms with Crippen LogP contribution in [-0.2, 0) is 12.8 Å². The molecule has 1 aromatic carbocycles. The maximum Gasteiger partial charge on any atom is 0.160 e. The molecule has 3 heteroatoms. The summed E-state index contributed by atoms with van der Waals surface area (Å²) in [5.41, 5.74) is 2.21. The van der Waals surface area contributed by atoms with E-state index in [-0.39, 0.29) is 11.5 Å². The Bertz CT molecular complexity index is 470. The lowest BCUT2D eigenvalue weighted by molar-refractivity contribution is 0.0848. The second-order valence-corrected chi connectivity index (χ2v) is 5.98. The lowest BCUT2D eigenvalue weighted by Gasteiger charge is -2.44. The molecule has 19 heavy (non-hydrogen) atoms. The zero-order chi connectivity index (χ0) is 13.4. The van der Waals surface area contributed by atoms with Crippen molar-refractivity contribution in [2.24, 2.45) is 5.92 Å². The quantitative estimate of drug-likeness (QED) is 0.804. The van der Waals surface area contributed by atoms with Crippen molar-refractivity contribution in [3.05, 3.63) is 23.3 Å². The summed E-state index contributed by atoms with van der Waals surface area (Å²) in [6.45, 7) is 4.64. The van der Waals surface area contributed by atoms with Crippen LogP contribution in [0.1, 0.15) is 37.3 Å². The van der Waals surface area contributed by atoms with Crippen LogP contribution in [0.4, 0.5) is 0 Å². The second kappa shape index (κ2) is 5.04. The van der Waals surface area contributed by atoms with Crippen LogP contribution in [0.3, 0.4) is 0 Å². The molecule has 1 aromatic rings. The van der Waals surface area contributed by atoms with Crippen LogP contribution in [0.5, 0.6) is 11.5 Å². The first-order chi connectivity index (χ1) is 9.20. The summed E-state index contributed by atoms with van der Waals surface area (Å²) < 4.78 is 0. The van der Waals surface area contributed by atoms with Gasteiger partial charge < -0.3 is 10.2 Å². The number of nitrogens with zero attached hydrogens (tertiary/aromatic N) is 1. The van der Waals surface area contributed by atoms with Gasteiger partial charge in [-0.05, 0) is 62.7 Å². The molecule has 0 saturated carbocycles. The number of hydrogen-bond acceptors (Lipinski definition) is 3. The summed E-state index contributed by atoms with van der Waals surface area (Å²) >= 11 is 0. The van der Waals surface area contributed by atoms with E-state index in [1.165, 1.54) is 37.9 Å². The van der Waals surface area contributed by atoms with Crippen molar-refractivity contribution in [2.45, 2.75) is 45.1 Å². The van der Waals surface area contributed by atoms with Gasteiger partial charge in [-0.2, -0.15) is 0 Å². The van der Waals surface area contributed by atoms with E-state index in [2.05, 4.69) is 11.8 Å². The normalized spacial score (nSPS) is 26.8. The van der Waals surface area contributed by atoms with Crippen molar-refractivity contribution in [3.8, 4) is 11.5 Å². The van der Waals surface area contributed by atoms with Crippen LogP contribution >= 0.6 is 0 Å². The zero-order valence-corrected chi connectivity index (χ0v) is 11.6. The summed E-state index contributed by atoms with van der Waals surface area (Å²) in [7, 11) is 0. The first-order valence-electron chi connectivity index (χ1n) is 7.47. The topological polar surface area (TPSA) is 43.7 Å². The Morgan fingerprint density at radius 1 is 1.26 bits per heavy atom. The highest BCUT2D eigenvalue weighted by Gasteiger charge is 2.36. The van der Waals surface area contributed by atoms with Crippen LogP contribution in [0.15, 0.2) is 12.1 Å². The Morgan fingerprint density at radius 3 is 2.89 bits per heavy atom. The summed E-state index contributed by atoms with van der Waals surface area (Å²) in [5.74, 6) is 0.780. The molecule has 1 unspecified atom stereocenters. The summed E-state index contributed by atoms with van der Waals surface area (Å²) in [6, 6.07) is 4.24. The lowest BCUT2D eigenvalue weighted by atomic mass is 9.75. The minimum Gasteiger partial charge on any atom is -0.504 e. The van der Waals surface area contributed by atoms with Gasteiger partial charge in [-0.3, -0.25) is 4.90 Å². The molecule has 1 aliphatic carbocycles. The fourth-order valence-electron chi connectivity index (χ4n) is 3.88. The average Bonchev–Trinajstić information content (AvgIpc) is 2.42. The van der Waals surface area contributed by atoms with Crippen molar-refractivity contribution in [1.29, 1.82) is 0 Å². The Morgan fingerprint density at radius 2 is 2.11 bits per heavy atom. The molecule has 3 rings (SSSR count). The maximum absolute atomic E-state index is 10.0. The highest BCUT2D eigenvalue weighted by atomic mass is 16.3. The molecule has 0 amide bonds. The monoisotopic (exact) mass is 261 g/mol. The summed E-state index contributed by atoms with van der Waals surface area (Å²) in [4.78, 5) is 2.63. The van der Waals surface area contributed by atoms with Crippen LogP contribution in [0.2, 0.25) is 0 Å². The second-order valence-electron chi connectivity index (χ2n) is 5.98. The minimum absolute atomic E-state index is 0.0263. The molecule has 2 N–H and O–H groups in total. The molecule has 0 aromatic heterocycles. The van der Waals surface area contributed by atoms with Crippen LogP contribution < -0.4 is 0 Å². The van der Waals surface area contributed by atoms with E-state index in [1.807, 2.05) is 6.07 Å². The van der Waals surface area contributed by atoms with Crippen molar-refractivity contribution < 1.29 is 10.2 Å². The third-order valence-corrected chi connectivity index (χ3v) is 4.80. The maximum atomic E-state index is 10.0. The smallest absolute Gasteiger partial charge is 0.160 e. The summed E-state index contributed by atoms with van der Waals surface area (Å²) in [6.07, 6.45) is 5.65. The fourth-order valence-corrected chi connectivity index (χ4v) is 3.88. The molecule has 1 saturated heterocycles. The Kier molecular flexibility index (Phi) is 3.40. The standard InChI is InChI=1S/C16H23NO2/c1-2-7-17-8-3-4-12-9-13-11(10-14(12)17)5-6-15(18)16(13)19/h5-6,12,14,18-19H,2-4,7-10H2,1H3/t12-,14?/m0/s1. The molecule has 1 fully saturated rings. The van der Waals surface area contributed by atoms with E-state index in [4.69, 9.17) is 0 Å². The number of fused-ring (bicyclic) bond motifs is 2. The molecule has 0 bridgehead atoms. The lowest BCUT2D eigenvalue weighted by Crippen LogP contribution is -2.49. The molecule has 1 aliphatic heterocycles. The Balaban J connectivity index is 1.90. The molecule has 3 nitrogen and oxygen atoms in total. The van der Waals surface area contributed by atoms with Crippen molar-refractivity contribution in [1.82, 2.24) is 4.90 Å². The van der Waals surface area contributed by atoms with E-state index >= 15 is 0 Å². The van der Waals surface area contributed by atoms with Gasteiger partial charge in [0.15, 0.2) is 11.5 Å². The van der Waals surface area contributed by atoms with Gasteiger partial charge in [0, 0.05) is 11.6 Å². The number of hydrogen-bond donors (Lipinski definition) is 2. The SMILES string of the molecule is CCCN1CCC[C@H]2Cc3c(ccc(O)c3O)CC21. The molecular weight excluding hydrogens is 238 g/mol. The average molecular weight is 261 g/mol. The van der Waals surface area contributed by atoms with Gasteiger partial charge in [-0.15, -0.1) is 0 Å². The van der Waals surface area contributed by atoms with Gasteiger partial charge in [0.05, 0.1) is 0 Å². The molecule has 0 spiro atoms. The van der Waals surface area contributed by atoms with Gasteiger partial charge >= 0.3 is 0 Å². The van der Waals surface area contributed by atoms with Crippen LogP contribution in [0.25, 0.3) is 0 Å². The number of aromatic hydroxyl groups is 2. The first-order valence-corrected chi connectivity index (χ1v) is 7.47. The van der Waals surface area contributed by atoms with Crippen molar-refractivity contribution in [2.75, 3.05) is 13.1 Å². The number of rotatable bonds is 2. The Labute approximate surface area is 114 Å². The van der Waals surface area contributed by atoms with E-state index in [9.17, 15) is 10.2 Å². The summed E-state index contributed by atoms with van der Waals surface area (Å²) in [5, 5.41) is 19.7. The predicted octanol–water partition coefficient (Wildman–Crippen LogP) is 2.69. The van der Waals surface area contributed by atoms with Gasteiger partial charge in [0.25, 0.3) is 0 Å². The molecule has 2 atom stereocenters. The van der Waals surface area contributed by atoms with E-state index in [1.54, 1.807) is 6.07 Å². The Hall–Kier alpha value is -1.22. The van der Waals surface area contributed by atoms with E-state index in [0.717, 1.165) is 18.4 Å². The molecule has 2 aliphatic rings. The number of phenolic OH excluding ortho intramolecular Hbond substituents is 2. The fraction of sp³-hybridized carbons (Fsp3) is 0.625. The van der Waals surface area contributed by atoms with Gasteiger partial charge in [-0.1, -0.05) is 13.0 Å². The van der Waals surface area contributed by atoms with Gasteiger partial charge in [-0.25, -0.2) is 0 Å². The minimum atomic E-state index is 0.0263. The third-order valence-electron chi connectivity index (χ3n) is 4.80. The molecule has 104 valence electrons. The number of likely N-dealkylation sites (tertiary alicyclic amines) is 1. The number of benzene rings is 1. The zero-order valence-electron chi connectivity index (χ0n) is 11.6. The van der Waals surface area contributed by atoms with Crippen LogP contribution in [-0.4, -0.2) is 34.2 Å². The molecular formula is C16H23NO2. The predicted molar refractivity (Wildman–Crippen MR) is 75.6 cm³/mol. The van der Waals surface area contributed by atoms with E-state index in [0.29, 0.717) is 12.0 Å². The van der Waals surface area contributed by atoms with Crippen molar-refractivity contribution >= 4 is 0 Å². The molecule has 1 heterocycles. The van der Waals surface area contributed by atoms with Gasteiger partial charge in [0.1, 0.15) is 0 Å². The highest BCUT2D eigenvalue weighted by molar-refractivity contribution is 5.50. The van der Waals surface area contributed by atoms with Crippen LogP contribution in [0, 0.1) is 5.92 Å². The largest absolute Gasteiger partial charge is 0.504 e. The van der Waals surface area contributed by atoms with E-state index < -0.39 is 0 Å². The van der Waals surface area contributed by atoms with Gasteiger partial charge in [0.2, 0.25) is 0 Å². The molecule has 0 radical (unpaired) electrons. The highest BCUT2D eigenvalue weighted by Crippen LogP contribution is 2.41. The third kappa shape index (κ3) is 2.20.